The van der Waals surface area contributed by atoms with E-state index in [1.807, 2.05) is 17.8 Å². The first-order chi connectivity index (χ1) is 7.85. The van der Waals surface area contributed by atoms with E-state index in [0.29, 0.717) is 0 Å². The SMILES string of the molecule is CCn1nc(CNC)cc1-c1ccccc1. The fraction of sp³-hybridized carbons (Fsp3) is 0.308. The Hall–Kier alpha value is -1.61. The van der Waals surface area contributed by atoms with Crippen LogP contribution in [-0.4, -0.2) is 16.8 Å². The van der Waals surface area contributed by atoms with Crippen LogP contribution in [0.1, 0.15) is 12.6 Å². The fourth-order valence-corrected chi connectivity index (χ4v) is 1.82. The van der Waals surface area contributed by atoms with Crippen LogP contribution in [0.25, 0.3) is 11.3 Å². The summed E-state index contributed by atoms with van der Waals surface area (Å²) in [5.74, 6) is 0. The van der Waals surface area contributed by atoms with Gasteiger partial charge in [0.1, 0.15) is 0 Å². The number of nitrogens with one attached hydrogen (secondary N) is 1. The molecule has 0 saturated carbocycles. The van der Waals surface area contributed by atoms with Gasteiger partial charge in [-0.25, -0.2) is 0 Å². The smallest absolute Gasteiger partial charge is 0.0768 e. The lowest BCUT2D eigenvalue weighted by Crippen LogP contribution is -2.06. The van der Waals surface area contributed by atoms with E-state index < -0.39 is 0 Å². The summed E-state index contributed by atoms with van der Waals surface area (Å²) in [6, 6.07) is 12.5. The highest BCUT2D eigenvalue weighted by molar-refractivity contribution is 5.59. The normalized spacial score (nSPS) is 10.6. The molecule has 3 nitrogen and oxygen atoms in total. The molecule has 0 aliphatic heterocycles. The Labute approximate surface area is 96.1 Å². The number of hydrogen-bond acceptors (Lipinski definition) is 2. The van der Waals surface area contributed by atoms with Crippen molar-refractivity contribution in [2.75, 3.05) is 7.05 Å². The molecule has 0 radical (unpaired) electrons. The molecule has 84 valence electrons. The van der Waals surface area contributed by atoms with Crippen molar-refractivity contribution in [3.63, 3.8) is 0 Å². The Morgan fingerprint density at radius 2 is 2.00 bits per heavy atom. The standard InChI is InChI=1S/C13H17N3/c1-3-16-13(9-12(15-16)10-14-2)11-7-5-4-6-8-11/h4-9,14H,3,10H2,1-2H3. The number of nitrogens with zero attached hydrogens (tertiary/aromatic N) is 2. The number of benzene rings is 1. The zero-order chi connectivity index (χ0) is 11.4. The number of rotatable bonds is 4. The number of aryl methyl sites for hydroxylation is 1. The monoisotopic (exact) mass is 215 g/mol. The lowest BCUT2D eigenvalue weighted by molar-refractivity contribution is 0.643. The molecule has 2 rings (SSSR count). The van der Waals surface area contributed by atoms with Gasteiger partial charge in [-0.2, -0.15) is 5.10 Å². The molecule has 2 aromatic rings. The molecule has 0 saturated heterocycles. The largest absolute Gasteiger partial charge is 0.314 e. The first-order valence-corrected chi connectivity index (χ1v) is 5.62. The minimum absolute atomic E-state index is 0.812. The fourth-order valence-electron chi connectivity index (χ4n) is 1.82. The van der Waals surface area contributed by atoms with Crippen molar-refractivity contribution in [1.82, 2.24) is 15.1 Å². The average molecular weight is 215 g/mol. The lowest BCUT2D eigenvalue weighted by atomic mass is 10.1. The lowest BCUT2D eigenvalue weighted by Gasteiger charge is -2.03. The zero-order valence-electron chi connectivity index (χ0n) is 9.77. The molecule has 1 heterocycles. The summed E-state index contributed by atoms with van der Waals surface area (Å²) in [6.07, 6.45) is 0. The highest BCUT2D eigenvalue weighted by atomic mass is 15.3. The van der Waals surface area contributed by atoms with Gasteiger partial charge in [-0.05, 0) is 25.6 Å². The van der Waals surface area contributed by atoms with Gasteiger partial charge in [0.05, 0.1) is 11.4 Å². The molecule has 1 aromatic heterocycles. The third kappa shape index (κ3) is 2.14. The van der Waals surface area contributed by atoms with Crippen LogP contribution in [0.5, 0.6) is 0 Å². The molecule has 0 fully saturated rings. The summed E-state index contributed by atoms with van der Waals surface area (Å²) >= 11 is 0. The molecule has 0 amide bonds. The molecule has 0 atom stereocenters. The number of aromatic nitrogens is 2. The zero-order valence-corrected chi connectivity index (χ0v) is 9.77. The van der Waals surface area contributed by atoms with Gasteiger partial charge in [-0.1, -0.05) is 30.3 Å². The second-order valence-electron chi connectivity index (χ2n) is 3.73. The number of hydrogen-bond donors (Lipinski definition) is 1. The Kier molecular flexibility index (Phi) is 3.37. The van der Waals surface area contributed by atoms with E-state index in [9.17, 15) is 0 Å². The molecule has 0 bridgehead atoms. The molecular formula is C13H17N3. The van der Waals surface area contributed by atoms with Gasteiger partial charge in [-0.3, -0.25) is 4.68 Å². The van der Waals surface area contributed by atoms with Crippen LogP contribution in [0, 0.1) is 0 Å². The van der Waals surface area contributed by atoms with Crippen molar-refractivity contribution in [3.05, 3.63) is 42.1 Å². The third-order valence-electron chi connectivity index (χ3n) is 2.56. The summed E-state index contributed by atoms with van der Waals surface area (Å²) in [4.78, 5) is 0. The van der Waals surface area contributed by atoms with Crippen molar-refractivity contribution < 1.29 is 0 Å². The van der Waals surface area contributed by atoms with E-state index in [1.165, 1.54) is 11.3 Å². The van der Waals surface area contributed by atoms with E-state index in [4.69, 9.17) is 0 Å². The molecule has 16 heavy (non-hydrogen) atoms. The van der Waals surface area contributed by atoms with E-state index >= 15 is 0 Å². The van der Waals surface area contributed by atoms with Gasteiger partial charge >= 0.3 is 0 Å². The predicted octanol–water partition coefficient (Wildman–Crippen LogP) is 2.29. The van der Waals surface area contributed by atoms with E-state index in [1.54, 1.807) is 0 Å². The summed E-state index contributed by atoms with van der Waals surface area (Å²) in [6.45, 7) is 3.82. The minimum atomic E-state index is 0.812. The van der Waals surface area contributed by atoms with Crippen molar-refractivity contribution in [2.45, 2.75) is 20.0 Å². The van der Waals surface area contributed by atoms with E-state index in [-0.39, 0.29) is 0 Å². The van der Waals surface area contributed by atoms with E-state index in [2.05, 4.69) is 47.7 Å². The molecule has 1 N–H and O–H groups in total. The maximum Gasteiger partial charge on any atom is 0.0768 e. The van der Waals surface area contributed by atoms with Crippen molar-refractivity contribution in [3.8, 4) is 11.3 Å². The van der Waals surface area contributed by atoms with E-state index in [0.717, 1.165) is 18.8 Å². The van der Waals surface area contributed by atoms with Gasteiger partial charge in [-0.15, -0.1) is 0 Å². The Morgan fingerprint density at radius 1 is 1.25 bits per heavy atom. The van der Waals surface area contributed by atoms with Crippen LogP contribution in [0.3, 0.4) is 0 Å². The van der Waals surface area contributed by atoms with Crippen LogP contribution in [0.4, 0.5) is 0 Å². The molecule has 0 aliphatic rings. The Bertz CT molecular complexity index is 445. The summed E-state index contributed by atoms with van der Waals surface area (Å²) in [5.41, 5.74) is 3.50. The molecule has 0 aliphatic carbocycles. The second kappa shape index (κ2) is 4.94. The molecule has 0 spiro atoms. The van der Waals surface area contributed by atoms with Crippen molar-refractivity contribution in [2.24, 2.45) is 0 Å². The van der Waals surface area contributed by atoms with Crippen LogP contribution in [-0.2, 0) is 13.1 Å². The van der Waals surface area contributed by atoms with Crippen LogP contribution >= 0.6 is 0 Å². The van der Waals surface area contributed by atoms with Crippen LogP contribution in [0.15, 0.2) is 36.4 Å². The van der Waals surface area contributed by atoms with Gasteiger partial charge in [0, 0.05) is 13.1 Å². The summed E-state index contributed by atoms with van der Waals surface area (Å²) in [5, 5.41) is 7.67. The predicted molar refractivity (Wildman–Crippen MR) is 66.1 cm³/mol. The molecule has 0 unspecified atom stereocenters. The highest BCUT2D eigenvalue weighted by Crippen LogP contribution is 2.20. The van der Waals surface area contributed by atoms with Crippen LogP contribution < -0.4 is 5.32 Å². The van der Waals surface area contributed by atoms with Gasteiger partial charge < -0.3 is 5.32 Å². The molecule has 1 aromatic carbocycles. The maximum atomic E-state index is 4.55. The first-order valence-electron chi connectivity index (χ1n) is 5.62. The van der Waals surface area contributed by atoms with Crippen LogP contribution in [0.2, 0.25) is 0 Å². The summed E-state index contributed by atoms with van der Waals surface area (Å²) in [7, 11) is 1.94. The second-order valence-corrected chi connectivity index (χ2v) is 3.73. The Morgan fingerprint density at radius 3 is 2.62 bits per heavy atom. The molecule has 3 heteroatoms. The third-order valence-corrected chi connectivity index (χ3v) is 2.56. The minimum Gasteiger partial charge on any atom is -0.314 e. The maximum absolute atomic E-state index is 4.55. The molecular weight excluding hydrogens is 198 g/mol. The summed E-state index contributed by atoms with van der Waals surface area (Å²) < 4.78 is 2.04. The van der Waals surface area contributed by atoms with Crippen molar-refractivity contribution in [1.29, 1.82) is 0 Å². The average Bonchev–Trinajstić information content (AvgIpc) is 2.74. The highest BCUT2D eigenvalue weighted by Gasteiger charge is 2.07. The quantitative estimate of drug-likeness (QED) is 0.848. The van der Waals surface area contributed by atoms with Gasteiger partial charge in [0.15, 0.2) is 0 Å². The topological polar surface area (TPSA) is 29.9 Å². The van der Waals surface area contributed by atoms with Gasteiger partial charge in [0.25, 0.3) is 0 Å². The van der Waals surface area contributed by atoms with Gasteiger partial charge in [0.2, 0.25) is 0 Å². The first kappa shape index (κ1) is 10.9. The van der Waals surface area contributed by atoms with Crippen molar-refractivity contribution >= 4 is 0 Å². The Balaban J connectivity index is 2.39.